The van der Waals surface area contributed by atoms with Crippen LogP contribution < -0.4 is 14.8 Å². The summed E-state index contributed by atoms with van der Waals surface area (Å²) in [7, 11) is 3.27. The van der Waals surface area contributed by atoms with Crippen LogP contribution in [-0.4, -0.2) is 74.6 Å². The first-order valence-electron chi connectivity index (χ1n) is 13.7. The van der Waals surface area contributed by atoms with Crippen molar-refractivity contribution in [3.05, 3.63) is 78.1 Å². The predicted molar refractivity (Wildman–Crippen MR) is 152 cm³/mol. The molecule has 1 amide bonds. The van der Waals surface area contributed by atoms with E-state index in [2.05, 4.69) is 48.0 Å². The van der Waals surface area contributed by atoms with Gasteiger partial charge < -0.3 is 33.7 Å². The molecule has 1 fully saturated rings. The van der Waals surface area contributed by atoms with Crippen molar-refractivity contribution in [1.82, 2.24) is 14.8 Å². The Morgan fingerprint density at radius 2 is 1.85 bits per heavy atom. The summed E-state index contributed by atoms with van der Waals surface area (Å²) in [5, 5.41) is 3.46. The van der Waals surface area contributed by atoms with Crippen molar-refractivity contribution in [2.24, 2.45) is 5.92 Å². The molecule has 1 aromatic heterocycles. The fourth-order valence-corrected chi connectivity index (χ4v) is 4.86. The van der Waals surface area contributed by atoms with E-state index in [1.165, 1.54) is 0 Å². The Balaban J connectivity index is 1.40. The van der Waals surface area contributed by atoms with Crippen LogP contribution in [-0.2, 0) is 16.1 Å². The molecule has 8 nitrogen and oxygen atoms in total. The van der Waals surface area contributed by atoms with Gasteiger partial charge in [-0.15, -0.1) is 0 Å². The van der Waals surface area contributed by atoms with E-state index in [1.54, 1.807) is 32.4 Å². The zero-order chi connectivity index (χ0) is 27.6. The second-order valence-electron chi connectivity index (χ2n) is 10.1. The largest absolute Gasteiger partial charge is 0.493 e. The van der Waals surface area contributed by atoms with Crippen molar-refractivity contribution >= 4 is 5.91 Å². The van der Waals surface area contributed by atoms with E-state index in [4.69, 9.17) is 18.9 Å². The summed E-state index contributed by atoms with van der Waals surface area (Å²) in [5.41, 5.74) is 2.82. The smallest absolute Gasteiger partial charge is 0.254 e. The highest BCUT2D eigenvalue weighted by atomic mass is 16.5. The minimum absolute atomic E-state index is 0.0184. The van der Waals surface area contributed by atoms with Crippen LogP contribution in [0.15, 0.2) is 67.0 Å². The first-order chi connectivity index (χ1) is 19.0. The van der Waals surface area contributed by atoms with Gasteiger partial charge in [0.25, 0.3) is 5.91 Å². The van der Waals surface area contributed by atoms with Crippen molar-refractivity contribution in [2.75, 3.05) is 47.1 Å². The third kappa shape index (κ3) is 7.62. The van der Waals surface area contributed by atoms with Crippen molar-refractivity contribution in [3.63, 3.8) is 0 Å². The van der Waals surface area contributed by atoms with Crippen LogP contribution in [0.1, 0.15) is 36.2 Å². The number of hydrogen-bond acceptors (Lipinski definition) is 6. The number of ether oxygens (including phenoxy) is 4. The number of hydrogen-bond donors (Lipinski definition) is 1. The lowest BCUT2D eigenvalue weighted by atomic mass is 10.0. The van der Waals surface area contributed by atoms with Crippen LogP contribution in [0.5, 0.6) is 11.5 Å². The molecule has 2 aromatic carbocycles. The highest BCUT2D eigenvalue weighted by Gasteiger charge is 2.32. The topological polar surface area (TPSA) is 74.2 Å². The Bertz CT molecular complexity index is 1180. The molecular formula is C31H41N3O5. The summed E-state index contributed by atoms with van der Waals surface area (Å²) in [5.74, 6) is 1.33. The minimum atomic E-state index is -0.0283. The molecule has 0 spiro atoms. The van der Waals surface area contributed by atoms with Gasteiger partial charge in [0.15, 0.2) is 11.5 Å². The fourth-order valence-electron chi connectivity index (χ4n) is 4.86. The Morgan fingerprint density at radius 1 is 1.03 bits per heavy atom. The summed E-state index contributed by atoms with van der Waals surface area (Å²) in [6, 6.07) is 17.8. The van der Waals surface area contributed by atoms with Crippen LogP contribution in [0.3, 0.4) is 0 Å². The van der Waals surface area contributed by atoms with Crippen molar-refractivity contribution in [2.45, 2.75) is 39.0 Å². The van der Waals surface area contributed by atoms with E-state index >= 15 is 0 Å². The number of nitrogens with one attached hydrogen (secondary N) is 1. The number of nitrogens with zero attached hydrogens (tertiary/aromatic N) is 2. The van der Waals surface area contributed by atoms with Crippen LogP contribution in [0.25, 0.3) is 5.69 Å². The molecule has 2 atom stereocenters. The van der Waals surface area contributed by atoms with E-state index in [9.17, 15) is 4.79 Å². The molecule has 1 saturated heterocycles. The molecule has 0 saturated carbocycles. The monoisotopic (exact) mass is 535 g/mol. The molecule has 39 heavy (non-hydrogen) atoms. The van der Waals surface area contributed by atoms with Gasteiger partial charge in [0.05, 0.1) is 26.4 Å². The highest BCUT2D eigenvalue weighted by molar-refractivity contribution is 5.95. The van der Waals surface area contributed by atoms with Gasteiger partial charge in [0.2, 0.25) is 0 Å². The molecule has 1 aliphatic rings. The highest BCUT2D eigenvalue weighted by Crippen LogP contribution is 2.29. The minimum Gasteiger partial charge on any atom is -0.493 e. The average Bonchev–Trinajstić information content (AvgIpc) is 3.65. The van der Waals surface area contributed by atoms with Crippen LogP contribution in [0.4, 0.5) is 0 Å². The third-order valence-corrected chi connectivity index (χ3v) is 7.03. The number of amides is 1. The molecule has 0 aliphatic carbocycles. The maximum Gasteiger partial charge on any atom is 0.254 e. The number of carbonyl (C=O) groups excluding carboxylic acids is 1. The molecule has 2 heterocycles. The fraction of sp³-hybridized carbons (Fsp3) is 0.452. The first kappa shape index (κ1) is 28.7. The van der Waals surface area contributed by atoms with E-state index < -0.39 is 0 Å². The third-order valence-electron chi connectivity index (χ3n) is 7.03. The number of rotatable bonds is 14. The molecule has 1 aliphatic heterocycles. The van der Waals surface area contributed by atoms with E-state index in [0.29, 0.717) is 43.4 Å². The van der Waals surface area contributed by atoms with Gasteiger partial charge in [-0.1, -0.05) is 12.1 Å². The average molecular weight is 536 g/mol. The molecule has 4 rings (SSSR count). The number of aromatic nitrogens is 1. The van der Waals surface area contributed by atoms with E-state index in [-0.39, 0.29) is 24.0 Å². The normalized spacial score (nSPS) is 16.9. The maximum atomic E-state index is 13.7. The van der Waals surface area contributed by atoms with E-state index in [1.807, 2.05) is 29.4 Å². The molecule has 8 heteroatoms. The van der Waals surface area contributed by atoms with Gasteiger partial charge in [-0.05, 0) is 61.9 Å². The second-order valence-corrected chi connectivity index (χ2v) is 10.1. The van der Waals surface area contributed by atoms with E-state index in [0.717, 1.165) is 30.8 Å². The predicted octanol–water partition coefficient (Wildman–Crippen LogP) is 4.56. The molecule has 210 valence electrons. The first-order valence-corrected chi connectivity index (χ1v) is 13.7. The van der Waals surface area contributed by atoms with Crippen molar-refractivity contribution < 1.29 is 23.7 Å². The number of benzene rings is 2. The molecular weight excluding hydrogens is 494 g/mol. The molecule has 3 aromatic rings. The molecule has 0 unspecified atom stereocenters. The summed E-state index contributed by atoms with van der Waals surface area (Å²) in [6.07, 6.45) is 4.84. The van der Waals surface area contributed by atoms with Crippen LogP contribution >= 0.6 is 0 Å². The second kappa shape index (κ2) is 14.2. The lowest BCUT2D eigenvalue weighted by Crippen LogP contribution is -2.43. The Kier molecular flexibility index (Phi) is 10.4. The SMILES string of the molecule is COCCCOc1cc(C(=O)N(C[C@@H]2CNC[C@@H]2OCc2cccc(-n3cccc3)c2)C(C)C)ccc1OC. The number of methoxy groups -OCH3 is 2. The lowest BCUT2D eigenvalue weighted by Gasteiger charge is -2.31. The molecule has 0 bridgehead atoms. The number of carbonyl (C=O) groups is 1. The van der Waals surface area contributed by atoms with Crippen LogP contribution in [0, 0.1) is 5.92 Å². The summed E-state index contributed by atoms with van der Waals surface area (Å²) in [4.78, 5) is 15.6. The quantitative estimate of drug-likeness (QED) is 0.305. The summed E-state index contributed by atoms with van der Waals surface area (Å²) >= 11 is 0. The van der Waals surface area contributed by atoms with Crippen molar-refractivity contribution in [3.8, 4) is 17.2 Å². The Morgan fingerprint density at radius 3 is 2.59 bits per heavy atom. The van der Waals surface area contributed by atoms with Gasteiger partial charge in [0, 0.05) is 75.4 Å². The van der Waals surface area contributed by atoms with Gasteiger partial charge in [0.1, 0.15) is 0 Å². The van der Waals surface area contributed by atoms with Gasteiger partial charge in [-0.25, -0.2) is 0 Å². The summed E-state index contributed by atoms with van der Waals surface area (Å²) < 4.78 is 24.9. The van der Waals surface area contributed by atoms with Crippen LogP contribution in [0.2, 0.25) is 0 Å². The van der Waals surface area contributed by atoms with Gasteiger partial charge >= 0.3 is 0 Å². The zero-order valence-electron chi connectivity index (χ0n) is 23.5. The Hall–Kier alpha value is -3.33. The zero-order valence-corrected chi connectivity index (χ0v) is 23.5. The maximum absolute atomic E-state index is 13.7. The standard InChI is InChI=1S/C31H41N3O5/c1-23(2)34(31(35)25-11-12-28(37-4)29(18-25)38-16-8-15-36-3)21-26-19-32-20-30(26)39-22-24-9-7-10-27(17-24)33-13-5-6-14-33/h5-7,9-14,17-18,23,26,30,32H,8,15-16,19-22H2,1-4H3/t26-,30-/m0/s1. The van der Waals surface area contributed by atoms with Gasteiger partial charge in [-0.2, -0.15) is 0 Å². The summed E-state index contributed by atoms with van der Waals surface area (Å²) in [6.45, 7) is 7.90. The Labute approximate surface area is 231 Å². The lowest BCUT2D eigenvalue weighted by molar-refractivity contribution is 0.0129. The van der Waals surface area contributed by atoms with Crippen molar-refractivity contribution in [1.29, 1.82) is 0 Å². The van der Waals surface area contributed by atoms with Gasteiger partial charge in [-0.3, -0.25) is 4.79 Å². The molecule has 1 N–H and O–H groups in total. The molecule has 0 radical (unpaired) electrons.